The molecule has 0 aromatic heterocycles. The summed E-state index contributed by atoms with van der Waals surface area (Å²) in [6.07, 6.45) is 3.69. The van der Waals surface area contributed by atoms with Crippen LogP contribution >= 0.6 is 0 Å². The maximum atomic E-state index is 11.4. The minimum atomic E-state index is -0.159. The van der Waals surface area contributed by atoms with Crippen molar-refractivity contribution in [3.63, 3.8) is 0 Å². The number of hydrogen-bond donors (Lipinski definition) is 1. The van der Waals surface area contributed by atoms with Gasteiger partial charge in [-0.15, -0.1) is 0 Å². The van der Waals surface area contributed by atoms with Crippen LogP contribution in [0.25, 0.3) is 0 Å². The molecule has 3 heteroatoms. The van der Waals surface area contributed by atoms with Crippen LogP contribution in [0.15, 0.2) is 0 Å². The molecule has 0 aromatic rings. The molecule has 0 unspecified atom stereocenters. The van der Waals surface area contributed by atoms with Gasteiger partial charge in [0.15, 0.2) is 0 Å². The molecular formula is C9H13NO2. The molecule has 3 nitrogen and oxygen atoms in total. The second-order valence-electron chi connectivity index (χ2n) is 3.82. The van der Waals surface area contributed by atoms with E-state index >= 15 is 0 Å². The molecule has 2 fully saturated rings. The van der Waals surface area contributed by atoms with Crippen LogP contribution in [-0.4, -0.2) is 18.2 Å². The predicted octanol–water partition coefficient (Wildman–Crippen LogP) is 0.636. The first-order chi connectivity index (χ1) is 5.73. The fourth-order valence-corrected chi connectivity index (χ4v) is 2.20. The Hall–Kier alpha value is -0.860. The molecule has 1 amide bonds. The first-order valence-corrected chi connectivity index (χ1v) is 4.53. The Balaban J connectivity index is 2.12. The molecule has 66 valence electrons. The highest BCUT2D eigenvalue weighted by Gasteiger charge is 2.44. The average Bonchev–Trinajstić information content (AvgIpc) is 2.41. The molecule has 1 heterocycles. The van der Waals surface area contributed by atoms with E-state index in [2.05, 4.69) is 5.32 Å². The number of nitrogens with one attached hydrogen (secondary N) is 1. The summed E-state index contributed by atoms with van der Waals surface area (Å²) >= 11 is 0. The Morgan fingerprint density at radius 1 is 1.08 bits per heavy atom. The van der Waals surface area contributed by atoms with Crippen molar-refractivity contribution in [1.82, 2.24) is 5.32 Å². The van der Waals surface area contributed by atoms with E-state index in [0.717, 1.165) is 25.8 Å². The van der Waals surface area contributed by atoms with Crippen LogP contribution in [0.2, 0.25) is 0 Å². The van der Waals surface area contributed by atoms with Gasteiger partial charge in [0.05, 0.1) is 5.41 Å². The van der Waals surface area contributed by atoms with Gasteiger partial charge in [0.25, 0.3) is 0 Å². The van der Waals surface area contributed by atoms with Crippen LogP contribution in [0.4, 0.5) is 0 Å². The lowest BCUT2D eigenvalue weighted by atomic mass is 9.73. The maximum absolute atomic E-state index is 11.4. The van der Waals surface area contributed by atoms with Crippen molar-refractivity contribution in [3.05, 3.63) is 0 Å². The number of ketones is 1. The minimum Gasteiger partial charge on any atom is -0.356 e. The topological polar surface area (TPSA) is 46.2 Å². The lowest BCUT2D eigenvalue weighted by Crippen LogP contribution is -2.35. The van der Waals surface area contributed by atoms with Crippen molar-refractivity contribution in [2.75, 3.05) is 6.54 Å². The van der Waals surface area contributed by atoms with Crippen LogP contribution < -0.4 is 5.32 Å². The lowest BCUT2D eigenvalue weighted by molar-refractivity contribution is -0.132. The van der Waals surface area contributed by atoms with E-state index in [0.29, 0.717) is 18.6 Å². The molecule has 1 saturated heterocycles. The van der Waals surface area contributed by atoms with Gasteiger partial charge in [-0.25, -0.2) is 0 Å². The highest BCUT2D eigenvalue weighted by atomic mass is 16.2. The van der Waals surface area contributed by atoms with E-state index in [9.17, 15) is 9.59 Å². The fraction of sp³-hybridized carbons (Fsp3) is 0.778. The average molecular weight is 167 g/mol. The molecule has 2 aliphatic rings. The molecule has 1 N–H and O–H groups in total. The van der Waals surface area contributed by atoms with E-state index < -0.39 is 0 Å². The highest BCUT2D eigenvalue weighted by molar-refractivity contribution is 5.88. The summed E-state index contributed by atoms with van der Waals surface area (Å²) in [5.74, 6) is 0.496. The highest BCUT2D eigenvalue weighted by Crippen LogP contribution is 2.40. The second-order valence-corrected chi connectivity index (χ2v) is 3.82. The van der Waals surface area contributed by atoms with Crippen molar-refractivity contribution in [2.45, 2.75) is 32.1 Å². The van der Waals surface area contributed by atoms with Gasteiger partial charge < -0.3 is 5.32 Å². The number of rotatable bonds is 0. The summed E-state index contributed by atoms with van der Waals surface area (Å²) in [5, 5.41) is 2.84. The zero-order valence-electron chi connectivity index (χ0n) is 7.06. The van der Waals surface area contributed by atoms with Crippen LogP contribution in [0, 0.1) is 5.41 Å². The van der Waals surface area contributed by atoms with Gasteiger partial charge in [-0.05, 0) is 19.3 Å². The summed E-state index contributed by atoms with van der Waals surface area (Å²) in [4.78, 5) is 22.4. The molecule has 0 radical (unpaired) electrons. The SMILES string of the molecule is O=C1CCC2(CCNC2=O)CC1. The van der Waals surface area contributed by atoms with Crippen LogP contribution in [0.1, 0.15) is 32.1 Å². The zero-order chi connectivity index (χ0) is 8.60. The van der Waals surface area contributed by atoms with Crippen LogP contribution in [-0.2, 0) is 9.59 Å². The van der Waals surface area contributed by atoms with Crippen LogP contribution in [0.3, 0.4) is 0 Å². The Labute approximate surface area is 71.5 Å². The number of Topliss-reactive ketones (excluding diaryl/α,β-unsaturated/α-hetero) is 1. The zero-order valence-corrected chi connectivity index (χ0v) is 7.06. The third-order valence-electron chi connectivity index (χ3n) is 3.14. The number of carbonyl (C=O) groups excluding carboxylic acids is 2. The van der Waals surface area contributed by atoms with Gasteiger partial charge in [0.2, 0.25) is 5.91 Å². The molecule has 2 rings (SSSR count). The van der Waals surface area contributed by atoms with Gasteiger partial charge in [0, 0.05) is 19.4 Å². The van der Waals surface area contributed by atoms with Gasteiger partial charge >= 0.3 is 0 Å². The Morgan fingerprint density at radius 3 is 2.25 bits per heavy atom. The summed E-state index contributed by atoms with van der Waals surface area (Å²) in [7, 11) is 0. The first kappa shape index (κ1) is 7.77. The Bertz CT molecular complexity index is 225. The second kappa shape index (κ2) is 2.57. The van der Waals surface area contributed by atoms with Gasteiger partial charge in [-0.3, -0.25) is 9.59 Å². The summed E-state index contributed by atoms with van der Waals surface area (Å²) in [6, 6.07) is 0. The lowest BCUT2D eigenvalue weighted by Gasteiger charge is -2.29. The third-order valence-corrected chi connectivity index (χ3v) is 3.14. The van der Waals surface area contributed by atoms with E-state index in [4.69, 9.17) is 0 Å². The smallest absolute Gasteiger partial charge is 0.226 e. The van der Waals surface area contributed by atoms with Crippen molar-refractivity contribution in [2.24, 2.45) is 5.41 Å². The number of carbonyl (C=O) groups is 2. The molecule has 1 spiro atoms. The molecule has 0 aromatic carbocycles. The number of amides is 1. The van der Waals surface area contributed by atoms with E-state index in [-0.39, 0.29) is 11.3 Å². The summed E-state index contributed by atoms with van der Waals surface area (Å²) in [6.45, 7) is 0.799. The van der Waals surface area contributed by atoms with Crippen LogP contribution in [0.5, 0.6) is 0 Å². The first-order valence-electron chi connectivity index (χ1n) is 4.53. The third kappa shape index (κ3) is 1.04. The summed E-state index contributed by atoms with van der Waals surface area (Å²) < 4.78 is 0. The normalized spacial score (nSPS) is 27.7. The largest absolute Gasteiger partial charge is 0.356 e. The maximum Gasteiger partial charge on any atom is 0.226 e. The van der Waals surface area contributed by atoms with Crippen molar-refractivity contribution < 1.29 is 9.59 Å². The van der Waals surface area contributed by atoms with Gasteiger partial charge in [-0.2, -0.15) is 0 Å². The summed E-state index contributed by atoms with van der Waals surface area (Å²) in [5.41, 5.74) is -0.159. The number of hydrogen-bond acceptors (Lipinski definition) is 2. The van der Waals surface area contributed by atoms with E-state index in [1.165, 1.54) is 0 Å². The molecular weight excluding hydrogens is 154 g/mol. The van der Waals surface area contributed by atoms with Gasteiger partial charge in [-0.1, -0.05) is 0 Å². The molecule has 1 aliphatic heterocycles. The Morgan fingerprint density at radius 2 is 1.75 bits per heavy atom. The Kier molecular flexibility index (Phi) is 1.67. The molecule has 0 bridgehead atoms. The standard InChI is InChI=1S/C9H13NO2/c11-7-1-3-9(4-2-7)5-6-10-8(9)12/h1-6H2,(H,10,12). The van der Waals surface area contributed by atoms with Crippen molar-refractivity contribution in [3.8, 4) is 0 Å². The molecule has 12 heavy (non-hydrogen) atoms. The quantitative estimate of drug-likeness (QED) is 0.575. The van der Waals surface area contributed by atoms with Gasteiger partial charge in [0.1, 0.15) is 5.78 Å². The monoisotopic (exact) mass is 167 g/mol. The van der Waals surface area contributed by atoms with E-state index in [1.807, 2.05) is 0 Å². The molecule has 1 aliphatic carbocycles. The molecule has 0 atom stereocenters. The predicted molar refractivity (Wildman–Crippen MR) is 43.5 cm³/mol. The van der Waals surface area contributed by atoms with E-state index in [1.54, 1.807) is 0 Å². The van der Waals surface area contributed by atoms with Crippen molar-refractivity contribution >= 4 is 11.7 Å². The fourth-order valence-electron chi connectivity index (χ4n) is 2.20. The van der Waals surface area contributed by atoms with Crippen molar-refractivity contribution in [1.29, 1.82) is 0 Å². The minimum absolute atomic E-state index is 0.159. The molecule has 1 saturated carbocycles.